The Kier molecular flexibility index (Phi) is 4.42. The number of hydrogen-bond donors (Lipinski definition) is 1. The van der Waals surface area contributed by atoms with Gasteiger partial charge >= 0.3 is 0 Å². The van der Waals surface area contributed by atoms with Crippen molar-refractivity contribution in [3.05, 3.63) is 58.5 Å². The summed E-state index contributed by atoms with van der Waals surface area (Å²) in [6, 6.07) is 10.1. The summed E-state index contributed by atoms with van der Waals surface area (Å²) in [5, 5.41) is 2.83. The molecule has 0 aliphatic rings. The predicted molar refractivity (Wildman–Crippen MR) is 81.8 cm³/mol. The fraction of sp³-hybridized carbons (Fsp3) is 0.250. The van der Waals surface area contributed by atoms with E-state index < -0.39 is 6.04 Å². The molecule has 2 rings (SSSR count). The van der Waals surface area contributed by atoms with E-state index in [-0.39, 0.29) is 17.2 Å². The molecule has 0 aliphatic carbocycles. The third-order valence-corrected chi connectivity index (χ3v) is 3.36. The number of pyridine rings is 1. The van der Waals surface area contributed by atoms with Gasteiger partial charge in [0.1, 0.15) is 6.04 Å². The number of ether oxygens (including phenoxy) is 1. The van der Waals surface area contributed by atoms with Crippen molar-refractivity contribution in [2.24, 2.45) is 0 Å². The lowest BCUT2D eigenvalue weighted by Crippen LogP contribution is -2.31. The quantitative estimate of drug-likeness (QED) is 0.938. The fourth-order valence-electron chi connectivity index (χ4n) is 2.03. The van der Waals surface area contributed by atoms with Crippen molar-refractivity contribution in [1.29, 1.82) is 0 Å². The zero-order valence-electron chi connectivity index (χ0n) is 12.3. The second-order valence-electron chi connectivity index (χ2n) is 4.77. The Balaban J connectivity index is 2.24. The highest BCUT2D eigenvalue weighted by molar-refractivity contribution is 5.94. The van der Waals surface area contributed by atoms with E-state index in [9.17, 15) is 9.59 Å². The van der Waals surface area contributed by atoms with Gasteiger partial charge in [0.05, 0.1) is 7.11 Å². The minimum absolute atomic E-state index is 0.216. The van der Waals surface area contributed by atoms with E-state index in [2.05, 4.69) is 5.32 Å². The van der Waals surface area contributed by atoms with Gasteiger partial charge in [-0.2, -0.15) is 0 Å². The SMILES string of the molecule is COc1cccn(C(C)C(=O)Nc2ccccc2C)c1=O. The number of para-hydroxylation sites is 1. The first-order valence-electron chi connectivity index (χ1n) is 6.66. The summed E-state index contributed by atoms with van der Waals surface area (Å²) in [7, 11) is 1.43. The monoisotopic (exact) mass is 286 g/mol. The second-order valence-corrected chi connectivity index (χ2v) is 4.77. The number of methoxy groups -OCH3 is 1. The summed E-state index contributed by atoms with van der Waals surface area (Å²) >= 11 is 0. The van der Waals surface area contributed by atoms with Gasteiger partial charge in [-0.15, -0.1) is 0 Å². The van der Waals surface area contributed by atoms with Gasteiger partial charge in [-0.25, -0.2) is 0 Å². The summed E-state index contributed by atoms with van der Waals surface area (Å²) < 4.78 is 6.34. The third kappa shape index (κ3) is 3.13. The van der Waals surface area contributed by atoms with Gasteiger partial charge in [0, 0.05) is 11.9 Å². The molecule has 1 atom stereocenters. The van der Waals surface area contributed by atoms with E-state index in [1.54, 1.807) is 25.3 Å². The van der Waals surface area contributed by atoms with E-state index in [0.29, 0.717) is 0 Å². The summed E-state index contributed by atoms with van der Waals surface area (Å²) in [5.41, 5.74) is 1.38. The number of hydrogen-bond acceptors (Lipinski definition) is 3. The van der Waals surface area contributed by atoms with Gasteiger partial charge in [0.25, 0.3) is 5.56 Å². The first-order valence-corrected chi connectivity index (χ1v) is 6.66. The van der Waals surface area contributed by atoms with Crippen LogP contribution in [-0.2, 0) is 4.79 Å². The first-order chi connectivity index (χ1) is 10.0. The van der Waals surface area contributed by atoms with Crippen molar-refractivity contribution in [2.45, 2.75) is 19.9 Å². The highest BCUT2D eigenvalue weighted by atomic mass is 16.5. The Bertz CT molecular complexity index is 707. The van der Waals surface area contributed by atoms with Gasteiger partial charge in [-0.3, -0.25) is 9.59 Å². The van der Waals surface area contributed by atoms with Crippen LogP contribution in [0.1, 0.15) is 18.5 Å². The van der Waals surface area contributed by atoms with Crippen LogP contribution in [0.2, 0.25) is 0 Å². The average molecular weight is 286 g/mol. The minimum atomic E-state index is -0.632. The molecule has 0 aliphatic heterocycles. The fourth-order valence-corrected chi connectivity index (χ4v) is 2.03. The van der Waals surface area contributed by atoms with Crippen molar-refractivity contribution < 1.29 is 9.53 Å². The van der Waals surface area contributed by atoms with Gasteiger partial charge in [-0.05, 0) is 37.6 Å². The van der Waals surface area contributed by atoms with Crippen LogP contribution in [0, 0.1) is 6.92 Å². The number of carbonyl (C=O) groups excluding carboxylic acids is 1. The lowest BCUT2D eigenvalue weighted by Gasteiger charge is -2.16. The zero-order chi connectivity index (χ0) is 15.4. The highest BCUT2D eigenvalue weighted by Gasteiger charge is 2.18. The molecular weight excluding hydrogens is 268 g/mol. The van der Waals surface area contributed by atoms with Crippen molar-refractivity contribution in [3.63, 3.8) is 0 Å². The van der Waals surface area contributed by atoms with Crippen LogP contribution < -0.4 is 15.6 Å². The molecule has 21 heavy (non-hydrogen) atoms. The molecule has 1 heterocycles. The van der Waals surface area contributed by atoms with Crippen LogP contribution in [0.3, 0.4) is 0 Å². The number of nitrogens with one attached hydrogen (secondary N) is 1. The number of aromatic nitrogens is 1. The number of benzene rings is 1. The highest BCUT2D eigenvalue weighted by Crippen LogP contribution is 2.16. The molecule has 0 saturated heterocycles. The zero-order valence-corrected chi connectivity index (χ0v) is 12.3. The molecule has 0 saturated carbocycles. The van der Waals surface area contributed by atoms with Crippen molar-refractivity contribution >= 4 is 11.6 Å². The summed E-state index contributed by atoms with van der Waals surface area (Å²) in [6.07, 6.45) is 1.58. The number of aryl methyl sites for hydroxylation is 1. The molecule has 1 aromatic carbocycles. The minimum Gasteiger partial charge on any atom is -0.491 e. The Hall–Kier alpha value is -2.56. The molecule has 110 valence electrons. The van der Waals surface area contributed by atoms with Crippen LogP contribution in [0.5, 0.6) is 5.75 Å². The maximum atomic E-state index is 12.3. The van der Waals surface area contributed by atoms with E-state index in [0.717, 1.165) is 11.3 Å². The van der Waals surface area contributed by atoms with E-state index in [4.69, 9.17) is 4.74 Å². The summed E-state index contributed by atoms with van der Waals surface area (Å²) in [5.74, 6) is -0.0345. The second kappa shape index (κ2) is 6.26. The van der Waals surface area contributed by atoms with E-state index in [1.165, 1.54) is 11.7 Å². The molecule has 2 aromatic rings. The van der Waals surface area contributed by atoms with Crippen LogP contribution in [0.4, 0.5) is 5.69 Å². The number of amides is 1. The molecule has 5 heteroatoms. The number of rotatable bonds is 4. The largest absolute Gasteiger partial charge is 0.491 e. The van der Waals surface area contributed by atoms with Crippen molar-refractivity contribution in [1.82, 2.24) is 4.57 Å². The normalized spacial score (nSPS) is 11.8. The van der Waals surface area contributed by atoms with Crippen LogP contribution in [0.25, 0.3) is 0 Å². The van der Waals surface area contributed by atoms with E-state index >= 15 is 0 Å². The van der Waals surface area contributed by atoms with Gasteiger partial charge in [-0.1, -0.05) is 18.2 Å². The van der Waals surface area contributed by atoms with Crippen molar-refractivity contribution in [2.75, 3.05) is 12.4 Å². The van der Waals surface area contributed by atoms with Gasteiger partial charge < -0.3 is 14.6 Å². The topological polar surface area (TPSA) is 60.3 Å². The molecule has 1 N–H and O–H groups in total. The predicted octanol–water partition coefficient (Wildman–Crippen LogP) is 2.37. The van der Waals surface area contributed by atoms with Gasteiger partial charge in [0.15, 0.2) is 5.75 Å². The molecular formula is C16H18N2O3. The molecule has 0 radical (unpaired) electrons. The molecule has 5 nitrogen and oxygen atoms in total. The van der Waals surface area contributed by atoms with Crippen LogP contribution in [-0.4, -0.2) is 17.6 Å². The third-order valence-electron chi connectivity index (χ3n) is 3.36. The number of carbonyl (C=O) groups is 1. The molecule has 0 fully saturated rings. The Morgan fingerprint density at radius 1 is 1.24 bits per heavy atom. The lowest BCUT2D eigenvalue weighted by atomic mass is 10.2. The molecule has 1 unspecified atom stereocenters. The average Bonchev–Trinajstić information content (AvgIpc) is 2.49. The molecule has 0 bridgehead atoms. The summed E-state index contributed by atoms with van der Waals surface area (Å²) in [6.45, 7) is 3.59. The first kappa shape index (κ1) is 14.8. The van der Waals surface area contributed by atoms with E-state index in [1.807, 2.05) is 31.2 Å². The molecule has 0 spiro atoms. The van der Waals surface area contributed by atoms with Crippen molar-refractivity contribution in [3.8, 4) is 5.75 Å². The number of anilines is 1. The smallest absolute Gasteiger partial charge is 0.293 e. The van der Waals surface area contributed by atoms with Crippen LogP contribution in [0.15, 0.2) is 47.4 Å². The van der Waals surface area contributed by atoms with Crippen LogP contribution >= 0.6 is 0 Å². The maximum absolute atomic E-state index is 12.3. The number of nitrogens with zero attached hydrogens (tertiary/aromatic N) is 1. The maximum Gasteiger partial charge on any atom is 0.293 e. The Morgan fingerprint density at radius 2 is 1.95 bits per heavy atom. The lowest BCUT2D eigenvalue weighted by molar-refractivity contribution is -0.118. The van der Waals surface area contributed by atoms with Gasteiger partial charge in [0.2, 0.25) is 5.91 Å². The molecule has 1 amide bonds. The Labute approximate surface area is 123 Å². The molecule has 1 aromatic heterocycles. The standard InChI is InChI=1S/C16H18N2O3/c1-11-7-4-5-8-13(11)17-15(19)12(2)18-10-6-9-14(21-3)16(18)20/h4-10,12H,1-3H3,(H,17,19). The summed E-state index contributed by atoms with van der Waals surface area (Å²) in [4.78, 5) is 24.4. The Morgan fingerprint density at radius 3 is 2.62 bits per heavy atom.